The number of anilines is 1. The molecular weight excluding hydrogens is 393 g/mol. The molecule has 5 nitrogen and oxygen atoms in total. The summed E-state index contributed by atoms with van der Waals surface area (Å²) in [5.74, 6) is 1.42. The van der Waals surface area contributed by atoms with Gasteiger partial charge in [-0.1, -0.05) is 35.3 Å². The molecule has 1 fully saturated rings. The van der Waals surface area contributed by atoms with E-state index in [-0.39, 0.29) is 0 Å². The number of piperazine rings is 1. The molecule has 0 radical (unpaired) electrons. The Labute approximate surface area is 174 Å². The van der Waals surface area contributed by atoms with Crippen LogP contribution in [0, 0.1) is 0 Å². The Balaban J connectivity index is 1.81. The van der Waals surface area contributed by atoms with Gasteiger partial charge in [-0.2, -0.15) is 0 Å². The van der Waals surface area contributed by atoms with Gasteiger partial charge in [0.15, 0.2) is 11.6 Å². The Morgan fingerprint density at radius 3 is 1.93 bits per heavy atom. The van der Waals surface area contributed by atoms with Gasteiger partial charge in [0, 0.05) is 46.3 Å². The van der Waals surface area contributed by atoms with E-state index in [1.165, 1.54) is 0 Å². The largest absolute Gasteiger partial charge is 0.352 e. The Hall–Kier alpha value is -2.21. The van der Waals surface area contributed by atoms with Crippen LogP contribution in [-0.2, 0) is 0 Å². The van der Waals surface area contributed by atoms with Crippen molar-refractivity contribution >= 4 is 29.0 Å². The highest BCUT2D eigenvalue weighted by Gasteiger charge is 2.26. The minimum atomic E-state index is 0.357. The van der Waals surface area contributed by atoms with Crippen molar-refractivity contribution in [3.63, 3.8) is 0 Å². The first-order valence-corrected chi connectivity index (χ1v) is 10.0. The summed E-state index contributed by atoms with van der Waals surface area (Å²) in [5, 5.41) is 13.9. The minimum absolute atomic E-state index is 0.357. The van der Waals surface area contributed by atoms with Gasteiger partial charge in [-0.3, -0.25) is 0 Å². The Kier molecular flexibility index (Phi) is 5.49. The third-order valence-corrected chi connectivity index (χ3v) is 5.25. The monoisotopic (exact) mass is 413 g/mol. The molecule has 0 bridgehead atoms. The molecule has 2 aromatic carbocycles. The van der Waals surface area contributed by atoms with E-state index in [9.17, 15) is 0 Å². The first-order chi connectivity index (χ1) is 13.5. The lowest BCUT2D eigenvalue weighted by Gasteiger charge is -2.37. The number of hydrogen-bond donors (Lipinski definition) is 1. The van der Waals surface area contributed by atoms with Crippen molar-refractivity contribution in [2.24, 2.45) is 0 Å². The normalized spacial score (nSPS) is 19.6. The van der Waals surface area contributed by atoms with Crippen molar-refractivity contribution in [1.29, 1.82) is 0 Å². The lowest BCUT2D eigenvalue weighted by molar-refractivity contribution is 0.405. The Morgan fingerprint density at radius 2 is 1.36 bits per heavy atom. The van der Waals surface area contributed by atoms with Gasteiger partial charge in [-0.05, 0) is 50.2 Å². The molecule has 2 heterocycles. The summed E-state index contributed by atoms with van der Waals surface area (Å²) in [7, 11) is 0. The summed E-state index contributed by atoms with van der Waals surface area (Å²) in [5.41, 5.74) is 2.59. The number of halogens is 2. The van der Waals surface area contributed by atoms with Gasteiger partial charge in [0.25, 0.3) is 0 Å². The lowest BCUT2D eigenvalue weighted by atomic mass is 10.1. The van der Waals surface area contributed by atoms with Gasteiger partial charge >= 0.3 is 0 Å². The van der Waals surface area contributed by atoms with E-state index in [2.05, 4.69) is 34.3 Å². The second-order valence-corrected chi connectivity index (χ2v) is 8.07. The summed E-state index contributed by atoms with van der Waals surface area (Å²) in [6.45, 7) is 6.06. The lowest BCUT2D eigenvalue weighted by Crippen LogP contribution is -2.54. The molecule has 1 aliphatic heterocycles. The van der Waals surface area contributed by atoms with Crippen molar-refractivity contribution in [1.82, 2.24) is 20.5 Å². The second-order valence-electron chi connectivity index (χ2n) is 7.20. The van der Waals surface area contributed by atoms with Gasteiger partial charge in [-0.25, -0.2) is 4.98 Å². The zero-order valence-electron chi connectivity index (χ0n) is 15.7. The zero-order chi connectivity index (χ0) is 19.7. The summed E-state index contributed by atoms with van der Waals surface area (Å²) in [6.07, 6.45) is 0. The van der Waals surface area contributed by atoms with E-state index in [1.807, 2.05) is 48.5 Å². The highest BCUT2D eigenvalue weighted by atomic mass is 35.5. The second kappa shape index (κ2) is 8.03. The molecule has 144 valence electrons. The van der Waals surface area contributed by atoms with Gasteiger partial charge in [0.1, 0.15) is 5.69 Å². The molecule has 4 rings (SSSR count). The standard InChI is InChI=1S/C21H21Cl2N5/c1-13-11-28(12-14(2)24-13)21-19(15-3-7-17(22)8-4-15)26-27-20(25-21)16-5-9-18(23)10-6-16/h3-10,13-14,24H,11-12H2,1-2H3/t13-,14+. The number of benzene rings is 2. The summed E-state index contributed by atoms with van der Waals surface area (Å²) in [4.78, 5) is 7.19. The molecule has 28 heavy (non-hydrogen) atoms. The fraction of sp³-hybridized carbons (Fsp3) is 0.286. The third kappa shape index (κ3) is 4.12. The molecule has 1 saturated heterocycles. The van der Waals surface area contributed by atoms with Crippen molar-refractivity contribution in [2.45, 2.75) is 25.9 Å². The van der Waals surface area contributed by atoms with Crippen molar-refractivity contribution < 1.29 is 0 Å². The SMILES string of the molecule is C[C@@H]1CN(c2nc(-c3ccc(Cl)cc3)nnc2-c2ccc(Cl)cc2)C[C@H](C)N1. The number of nitrogens with zero attached hydrogens (tertiary/aromatic N) is 4. The van der Waals surface area contributed by atoms with E-state index >= 15 is 0 Å². The number of hydrogen-bond acceptors (Lipinski definition) is 5. The van der Waals surface area contributed by atoms with E-state index in [0.29, 0.717) is 28.0 Å². The van der Waals surface area contributed by atoms with Gasteiger partial charge in [-0.15, -0.1) is 10.2 Å². The Bertz CT molecular complexity index is 950. The fourth-order valence-corrected chi connectivity index (χ4v) is 3.81. The maximum absolute atomic E-state index is 6.06. The third-order valence-electron chi connectivity index (χ3n) is 4.75. The van der Waals surface area contributed by atoms with Crippen molar-refractivity contribution in [2.75, 3.05) is 18.0 Å². The van der Waals surface area contributed by atoms with Crippen LogP contribution in [0.25, 0.3) is 22.6 Å². The highest BCUT2D eigenvalue weighted by molar-refractivity contribution is 6.30. The fourth-order valence-electron chi connectivity index (χ4n) is 3.55. The molecule has 1 N–H and O–H groups in total. The number of nitrogens with one attached hydrogen (secondary N) is 1. The first kappa shape index (κ1) is 19.1. The average Bonchev–Trinajstić information content (AvgIpc) is 2.68. The van der Waals surface area contributed by atoms with Gasteiger partial charge in [0.2, 0.25) is 0 Å². The smallest absolute Gasteiger partial charge is 0.183 e. The summed E-state index contributed by atoms with van der Waals surface area (Å²) in [6, 6.07) is 15.8. The minimum Gasteiger partial charge on any atom is -0.352 e. The van der Waals surface area contributed by atoms with Crippen LogP contribution in [0.5, 0.6) is 0 Å². The van der Waals surface area contributed by atoms with E-state index in [0.717, 1.165) is 35.7 Å². The first-order valence-electron chi connectivity index (χ1n) is 9.27. The maximum atomic E-state index is 6.06. The number of aromatic nitrogens is 3. The molecule has 0 amide bonds. The molecule has 0 aliphatic carbocycles. The van der Waals surface area contributed by atoms with E-state index in [1.54, 1.807) is 0 Å². The van der Waals surface area contributed by atoms with Crippen molar-refractivity contribution in [3.8, 4) is 22.6 Å². The quantitative estimate of drug-likeness (QED) is 0.674. The van der Waals surface area contributed by atoms with Crippen LogP contribution in [-0.4, -0.2) is 40.4 Å². The van der Waals surface area contributed by atoms with Gasteiger partial charge < -0.3 is 10.2 Å². The molecule has 0 spiro atoms. The average molecular weight is 414 g/mol. The number of rotatable bonds is 3. The molecule has 1 aromatic heterocycles. The van der Waals surface area contributed by atoms with E-state index in [4.69, 9.17) is 28.2 Å². The highest BCUT2D eigenvalue weighted by Crippen LogP contribution is 2.31. The molecular formula is C21H21Cl2N5. The van der Waals surface area contributed by atoms with Crippen LogP contribution in [0.1, 0.15) is 13.8 Å². The van der Waals surface area contributed by atoms with Gasteiger partial charge in [0.05, 0.1) is 0 Å². The molecule has 3 aromatic rings. The van der Waals surface area contributed by atoms with Crippen LogP contribution in [0.4, 0.5) is 5.82 Å². The predicted octanol–water partition coefficient (Wildman–Crippen LogP) is 4.70. The molecule has 2 atom stereocenters. The van der Waals surface area contributed by atoms with E-state index < -0.39 is 0 Å². The molecule has 7 heteroatoms. The Morgan fingerprint density at radius 1 is 0.821 bits per heavy atom. The topological polar surface area (TPSA) is 53.9 Å². The molecule has 1 aliphatic rings. The molecule has 0 unspecified atom stereocenters. The zero-order valence-corrected chi connectivity index (χ0v) is 17.2. The van der Waals surface area contributed by atoms with Crippen LogP contribution in [0.2, 0.25) is 10.0 Å². The summed E-state index contributed by atoms with van der Waals surface area (Å²) < 4.78 is 0. The van der Waals surface area contributed by atoms with Crippen LogP contribution >= 0.6 is 23.2 Å². The van der Waals surface area contributed by atoms with Crippen LogP contribution in [0.3, 0.4) is 0 Å². The summed E-state index contributed by atoms with van der Waals surface area (Å²) >= 11 is 12.1. The van der Waals surface area contributed by atoms with Crippen LogP contribution < -0.4 is 10.2 Å². The molecule has 0 saturated carbocycles. The maximum Gasteiger partial charge on any atom is 0.183 e. The predicted molar refractivity (Wildman–Crippen MR) is 115 cm³/mol. The van der Waals surface area contributed by atoms with Crippen molar-refractivity contribution in [3.05, 3.63) is 58.6 Å². The van der Waals surface area contributed by atoms with Crippen LogP contribution in [0.15, 0.2) is 48.5 Å².